The number of aromatic amines is 1. The van der Waals surface area contributed by atoms with Crippen molar-refractivity contribution in [1.29, 1.82) is 0 Å². The Morgan fingerprint density at radius 2 is 1.86 bits per heavy atom. The van der Waals surface area contributed by atoms with E-state index in [0.29, 0.717) is 35.8 Å². The van der Waals surface area contributed by atoms with E-state index < -0.39 is 18.1 Å². The summed E-state index contributed by atoms with van der Waals surface area (Å²) in [5, 5.41) is 37.7. The molecule has 0 aliphatic carbocycles. The molecule has 6 heterocycles. The first-order valence-corrected chi connectivity index (χ1v) is 21.1. The maximum atomic E-state index is 14.1. The zero-order chi connectivity index (χ0) is 40.7. The number of phenolic OH excluding ortho intramolecular Hbond substituents is 1. The lowest BCUT2D eigenvalue weighted by Gasteiger charge is -2.38. The number of benzene rings is 2. The number of ether oxygens (including phenoxy) is 1. The Bertz CT molecular complexity index is 2430. The van der Waals surface area contributed by atoms with Gasteiger partial charge in [-0.3, -0.25) is 14.5 Å². The Hall–Kier alpha value is -5.16. The number of amides is 2. The number of hydrogen-bond donors (Lipinski definition) is 4. The van der Waals surface area contributed by atoms with Crippen LogP contribution in [0.5, 0.6) is 11.6 Å². The Kier molecular flexibility index (Phi) is 11.4. The summed E-state index contributed by atoms with van der Waals surface area (Å²) in [5.74, 6) is -0.486. The summed E-state index contributed by atoms with van der Waals surface area (Å²) in [6.45, 7) is 10.4. The van der Waals surface area contributed by atoms with Crippen LogP contribution in [0.4, 0.5) is 0 Å². The normalized spacial score (nSPS) is 18.4. The molecule has 2 aliphatic rings. The van der Waals surface area contributed by atoms with Crippen molar-refractivity contribution in [3.8, 4) is 33.3 Å². The molecule has 2 aliphatic heterocycles. The molecule has 0 bridgehead atoms. The van der Waals surface area contributed by atoms with Gasteiger partial charge in [0.05, 0.1) is 33.9 Å². The van der Waals surface area contributed by atoms with Crippen LogP contribution in [0, 0.1) is 12.8 Å². The highest BCUT2D eigenvalue weighted by molar-refractivity contribution is 9.10. The van der Waals surface area contributed by atoms with Crippen LogP contribution in [0.3, 0.4) is 0 Å². The van der Waals surface area contributed by atoms with Crippen LogP contribution in [-0.4, -0.2) is 102 Å². The Morgan fingerprint density at radius 3 is 2.59 bits per heavy atom. The molecular weight excluding hydrogens is 824 g/mol. The first-order chi connectivity index (χ1) is 27.9. The van der Waals surface area contributed by atoms with Crippen LogP contribution in [0.25, 0.3) is 32.7 Å². The van der Waals surface area contributed by atoms with Gasteiger partial charge in [0.25, 0.3) is 5.88 Å². The number of carbonyl (C=O) groups excluding carboxylic acids is 2. The molecule has 16 heteroatoms. The molecule has 0 spiro atoms. The van der Waals surface area contributed by atoms with Gasteiger partial charge in [-0.15, -0.1) is 21.5 Å². The minimum absolute atomic E-state index is 0.0491. The summed E-state index contributed by atoms with van der Waals surface area (Å²) in [6.07, 6.45) is -0.680. The van der Waals surface area contributed by atoms with Crippen LogP contribution in [0.1, 0.15) is 67.8 Å². The predicted molar refractivity (Wildman–Crippen MR) is 222 cm³/mol. The van der Waals surface area contributed by atoms with E-state index in [9.17, 15) is 19.8 Å². The molecule has 2 saturated heterocycles. The van der Waals surface area contributed by atoms with Crippen LogP contribution in [0.15, 0.2) is 75.2 Å². The quantitative estimate of drug-likeness (QED) is 0.0986. The van der Waals surface area contributed by atoms with Crippen molar-refractivity contribution in [3.63, 3.8) is 0 Å². The number of aromatic hydroxyl groups is 1. The van der Waals surface area contributed by atoms with E-state index >= 15 is 0 Å². The number of fused-ring (bicyclic) bond motifs is 1. The molecule has 0 radical (unpaired) electrons. The second-order valence-electron chi connectivity index (χ2n) is 15.5. The Labute approximate surface area is 347 Å². The maximum Gasteiger partial charge on any atom is 0.254 e. The number of β-amino-alcohol motifs (C(OH)–C–C–N with tert-alkyl or cyclic N) is 1. The highest BCUT2D eigenvalue weighted by Gasteiger charge is 2.43. The second-order valence-corrected chi connectivity index (χ2v) is 17.1. The van der Waals surface area contributed by atoms with Gasteiger partial charge in [-0.25, -0.2) is 4.98 Å². The Balaban J connectivity index is 0.847. The van der Waals surface area contributed by atoms with Gasteiger partial charge in [0.1, 0.15) is 24.3 Å². The van der Waals surface area contributed by atoms with Crippen LogP contribution >= 0.6 is 27.3 Å². The fourth-order valence-electron chi connectivity index (χ4n) is 7.90. The number of carbonyl (C=O) groups is 2. The number of aryl methyl sites for hydroxylation is 1. The van der Waals surface area contributed by atoms with E-state index in [-0.39, 0.29) is 54.3 Å². The molecule has 8 rings (SSSR count). The average Bonchev–Trinajstić information content (AvgIpc) is 4.00. The lowest BCUT2D eigenvalue weighted by molar-refractivity contribution is -0.141. The zero-order valence-corrected chi connectivity index (χ0v) is 35.0. The first kappa shape index (κ1) is 39.7. The SMILES string of the molecule is Cc1ncsc1-c1ccc([C@H](C)NC(=O)[C@@H]2C[C@@H](O)CN2C(=O)[C@@H](c2cc(OCCN3CC(c4[nH]c5nnc(-c6ccccc6O)cc5c4Br)C3)no2)C(C)C)cc1. The third-order valence-electron chi connectivity index (χ3n) is 11.1. The van der Waals surface area contributed by atoms with Gasteiger partial charge in [-0.2, -0.15) is 0 Å². The van der Waals surface area contributed by atoms with Crippen molar-refractivity contribution in [1.82, 2.24) is 40.4 Å². The van der Waals surface area contributed by atoms with Crippen molar-refractivity contribution < 1.29 is 29.1 Å². The highest BCUT2D eigenvalue weighted by Crippen LogP contribution is 2.38. The molecular formula is C42H45BrN8O6S. The zero-order valence-electron chi connectivity index (χ0n) is 32.6. The van der Waals surface area contributed by atoms with Crippen molar-refractivity contribution in [3.05, 3.63) is 93.4 Å². The van der Waals surface area contributed by atoms with Crippen LogP contribution in [-0.2, 0) is 9.59 Å². The van der Waals surface area contributed by atoms with E-state index in [1.54, 1.807) is 29.5 Å². The highest BCUT2D eigenvalue weighted by atomic mass is 79.9. The predicted octanol–water partition coefficient (Wildman–Crippen LogP) is 6.57. The summed E-state index contributed by atoms with van der Waals surface area (Å²) in [5.41, 5.74) is 7.75. The first-order valence-electron chi connectivity index (χ1n) is 19.4. The number of aliphatic hydroxyl groups is 1. The number of thiazole rings is 1. The smallest absolute Gasteiger partial charge is 0.254 e. The number of H-pyrrole nitrogens is 1. The number of nitrogens with zero attached hydrogens (tertiary/aromatic N) is 6. The number of hydrogen-bond acceptors (Lipinski definition) is 12. The molecule has 302 valence electrons. The minimum Gasteiger partial charge on any atom is -0.507 e. The summed E-state index contributed by atoms with van der Waals surface area (Å²) in [4.78, 5) is 40.4. The molecule has 4 aromatic heterocycles. The van der Waals surface area contributed by atoms with Gasteiger partial charge in [0.2, 0.25) is 11.8 Å². The van der Waals surface area contributed by atoms with Gasteiger partial charge in [-0.05, 0) is 70.2 Å². The number of aromatic nitrogens is 5. The summed E-state index contributed by atoms with van der Waals surface area (Å²) < 4.78 is 12.6. The molecule has 4 atom stereocenters. The maximum absolute atomic E-state index is 14.1. The van der Waals surface area contributed by atoms with Gasteiger partial charge >= 0.3 is 0 Å². The number of para-hydroxylation sites is 1. The molecule has 58 heavy (non-hydrogen) atoms. The van der Waals surface area contributed by atoms with E-state index in [0.717, 1.165) is 50.3 Å². The number of halogens is 1. The second kappa shape index (κ2) is 16.6. The topological polar surface area (TPSA) is 183 Å². The fourth-order valence-corrected chi connectivity index (χ4v) is 9.43. The van der Waals surface area contributed by atoms with Gasteiger partial charge < -0.3 is 34.7 Å². The lowest BCUT2D eigenvalue weighted by Crippen LogP contribution is -2.48. The third kappa shape index (κ3) is 7.97. The molecule has 0 unspecified atom stereocenters. The lowest BCUT2D eigenvalue weighted by atomic mass is 9.91. The summed E-state index contributed by atoms with van der Waals surface area (Å²) >= 11 is 5.36. The van der Waals surface area contributed by atoms with Crippen LogP contribution < -0.4 is 10.1 Å². The molecule has 0 saturated carbocycles. The standard InChI is InChI=1S/C42H45BrN8O6S/c1-22(2)36(42(55)51-20-28(52)15-32(51)41(54)45-23(3)25-9-11-26(12-10-25)39-24(4)44-21-58-39)34-17-35(49-57-34)56-14-13-50-18-27(19-50)38-37(43)30-16-31(47-48-40(30)46-38)29-7-5-6-8-33(29)53/h5-12,16-17,21-23,27-28,32,36,52-53H,13-15,18-20H2,1-4H3,(H,45,54)(H,46,48)/t23-,28+,32-,36+/m0/s1. The number of nitrogens with one attached hydrogen (secondary N) is 2. The number of rotatable bonds is 13. The Morgan fingerprint density at radius 1 is 1.09 bits per heavy atom. The molecule has 2 amide bonds. The summed E-state index contributed by atoms with van der Waals surface area (Å²) in [7, 11) is 0. The number of phenols is 1. The van der Waals surface area contributed by atoms with Gasteiger partial charge in [-0.1, -0.05) is 50.2 Å². The van der Waals surface area contributed by atoms with Gasteiger partial charge in [0, 0.05) is 65.7 Å². The van der Waals surface area contributed by atoms with Crippen molar-refractivity contribution in [2.75, 3.05) is 32.8 Å². The van der Waals surface area contributed by atoms with Crippen molar-refractivity contribution in [2.45, 2.75) is 64.1 Å². The average molecular weight is 870 g/mol. The van der Waals surface area contributed by atoms with E-state index in [2.05, 4.69) is 51.5 Å². The minimum atomic E-state index is -0.830. The van der Waals surface area contributed by atoms with E-state index in [4.69, 9.17) is 9.26 Å². The molecule has 2 aromatic carbocycles. The molecule has 6 aromatic rings. The summed E-state index contributed by atoms with van der Waals surface area (Å²) in [6, 6.07) is 17.5. The van der Waals surface area contributed by atoms with Crippen LogP contribution in [0.2, 0.25) is 0 Å². The molecule has 4 N–H and O–H groups in total. The van der Waals surface area contributed by atoms with E-state index in [1.807, 2.05) is 75.7 Å². The largest absolute Gasteiger partial charge is 0.507 e. The van der Waals surface area contributed by atoms with Crippen molar-refractivity contribution in [2.24, 2.45) is 5.92 Å². The van der Waals surface area contributed by atoms with E-state index in [1.165, 1.54) is 4.90 Å². The van der Waals surface area contributed by atoms with Crippen molar-refractivity contribution >= 4 is 50.1 Å². The third-order valence-corrected chi connectivity index (χ3v) is 12.9. The fraction of sp³-hybridized carbons (Fsp3) is 0.381. The monoisotopic (exact) mass is 868 g/mol. The van der Waals surface area contributed by atoms with Gasteiger partial charge in [0.15, 0.2) is 11.4 Å². The molecule has 14 nitrogen and oxygen atoms in total. The molecule has 2 fully saturated rings. The number of aliphatic hydroxyl groups excluding tert-OH is 1. The number of likely N-dealkylation sites (tertiary alicyclic amines) is 2.